The average Bonchev–Trinajstić information content (AvgIpc) is 3.20. The lowest BCUT2D eigenvalue weighted by atomic mass is 9.99. The van der Waals surface area contributed by atoms with Crippen LogP contribution in [0.2, 0.25) is 0 Å². The van der Waals surface area contributed by atoms with Crippen molar-refractivity contribution < 1.29 is 4.79 Å². The minimum Gasteiger partial charge on any atom is -0.352 e. The van der Waals surface area contributed by atoms with Gasteiger partial charge in [-0.3, -0.25) is 4.79 Å². The molecular weight excluding hydrogens is 260 g/mol. The van der Waals surface area contributed by atoms with E-state index in [1.807, 2.05) is 6.07 Å². The third-order valence-electron chi connectivity index (χ3n) is 4.01. The lowest BCUT2D eigenvalue weighted by molar-refractivity contribution is -0.125. The molecule has 2 N–H and O–H groups in total. The smallest absolute Gasteiger partial charge is 0.224 e. The molecule has 4 heteroatoms. The SMILES string of the molecule is Cl.O=C(NC1CC1c1ccccc1)[C@@H]1CCCNC1. The van der Waals surface area contributed by atoms with Crippen LogP contribution in [0.1, 0.15) is 30.7 Å². The first-order valence-corrected chi connectivity index (χ1v) is 6.90. The second-order valence-corrected chi connectivity index (χ2v) is 5.41. The van der Waals surface area contributed by atoms with E-state index in [1.54, 1.807) is 0 Å². The number of carbonyl (C=O) groups excluding carboxylic acids is 1. The van der Waals surface area contributed by atoms with Gasteiger partial charge in [-0.25, -0.2) is 0 Å². The van der Waals surface area contributed by atoms with E-state index in [2.05, 4.69) is 34.9 Å². The topological polar surface area (TPSA) is 41.1 Å². The number of carbonyl (C=O) groups is 1. The third-order valence-corrected chi connectivity index (χ3v) is 4.01. The number of halogens is 1. The summed E-state index contributed by atoms with van der Waals surface area (Å²) >= 11 is 0. The van der Waals surface area contributed by atoms with Crippen molar-refractivity contribution in [3.8, 4) is 0 Å². The van der Waals surface area contributed by atoms with Crippen LogP contribution in [0.25, 0.3) is 0 Å². The minimum absolute atomic E-state index is 0. The van der Waals surface area contributed by atoms with Gasteiger partial charge in [-0.05, 0) is 31.4 Å². The van der Waals surface area contributed by atoms with Gasteiger partial charge in [0.05, 0.1) is 5.92 Å². The van der Waals surface area contributed by atoms with Crippen LogP contribution >= 0.6 is 12.4 Å². The first kappa shape index (κ1) is 14.4. The van der Waals surface area contributed by atoms with Gasteiger partial charge in [-0.15, -0.1) is 12.4 Å². The molecule has 1 aliphatic heterocycles. The number of hydrogen-bond donors (Lipinski definition) is 2. The van der Waals surface area contributed by atoms with E-state index in [1.165, 1.54) is 5.56 Å². The summed E-state index contributed by atoms with van der Waals surface area (Å²) in [7, 11) is 0. The summed E-state index contributed by atoms with van der Waals surface area (Å²) in [5.74, 6) is 0.952. The van der Waals surface area contributed by atoms with Crippen molar-refractivity contribution in [2.45, 2.75) is 31.2 Å². The standard InChI is InChI=1S/C15H20N2O.ClH/c18-15(12-7-4-8-16-10-12)17-14-9-13(14)11-5-2-1-3-6-11;/h1-3,5-6,12-14,16H,4,7-10H2,(H,17,18);1H/t12-,13?,14?;/m1./s1. The first-order valence-electron chi connectivity index (χ1n) is 6.90. The third kappa shape index (κ3) is 3.48. The zero-order chi connectivity index (χ0) is 12.4. The molecule has 3 nitrogen and oxygen atoms in total. The Morgan fingerprint density at radius 3 is 2.74 bits per heavy atom. The van der Waals surface area contributed by atoms with Crippen molar-refractivity contribution in [2.75, 3.05) is 13.1 Å². The fraction of sp³-hybridized carbons (Fsp3) is 0.533. The number of nitrogens with one attached hydrogen (secondary N) is 2. The summed E-state index contributed by atoms with van der Waals surface area (Å²) in [6, 6.07) is 10.8. The molecule has 0 bridgehead atoms. The number of hydrogen-bond acceptors (Lipinski definition) is 2. The Morgan fingerprint density at radius 1 is 1.26 bits per heavy atom. The van der Waals surface area contributed by atoms with Gasteiger partial charge in [0.15, 0.2) is 0 Å². The molecule has 1 saturated heterocycles. The highest BCUT2D eigenvalue weighted by atomic mass is 35.5. The van der Waals surface area contributed by atoms with Gasteiger partial charge in [0.1, 0.15) is 0 Å². The maximum atomic E-state index is 12.1. The molecule has 3 atom stereocenters. The summed E-state index contributed by atoms with van der Waals surface area (Å²) in [5.41, 5.74) is 1.35. The molecule has 2 aliphatic rings. The van der Waals surface area contributed by atoms with E-state index < -0.39 is 0 Å². The Morgan fingerprint density at radius 2 is 2.05 bits per heavy atom. The van der Waals surface area contributed by atoms with Gasteiger partial charge >= 0.3 is 0 Å². The molecule has 1 aromatic rings. The van der Waals surface area contributed by atoms with Gasteiger partial charge in [0, 0.05) is 18.5 Å². The van der Waals surface area contributed by atoms with E-state index in [4.69, 9.17) is 0 Å². The molecule has 3 rings (SSSR count). The number of amides is 1. The van der Waals surface area contributed by atoms with E-state index in [-0.39, 0.29) is 24.2 Å². The fourth-order valence-electron chi connectivity index (χ4n) is 2.80. The fourth-order valence-corrected chi connectivity index (χ4v) is 2.80. The highest BCUT2D eigenvalue weighted by Gasteiger charge is 2.40. The molecule has 1 heterocycles. The monoisotopic (exact) mass is 280 g/mol. The Labute approximate surface area is 120 Å². The Balaban J connectivity index is 0.00000133. The molecule has 0 spiro atoms. The summed E-state index contributed by atoms with van der Waals surface area (Å²) in [6.45, 7) is 1.90. The lowest BCUT2D eigenvalue weighted by Gasteiger charge is -2.21. The predicted molar refractivity (Wildman–Crippen MR) is 78.6 cm³/mol. The molecule has 1 amide bonds. The Bertz CT molecular complexity index is 417. The summed E-state index contributed by atoms with van der Waals surface area (Å²) in [4.78, 5) is 12.1. The van der Waals surface area contributed by atoms with Crippen molar-refractivity contribution in [3.05, 3.63) is 35.9 Å². The van der Waals surface area contributed by atoms with E-state index >= 15 is 0 Å². The quantitative estimate of drug-likeness (QED) is 0.890. The van der Waals surface area contributed by atoms with Crippen LogP contribution in [0.5, 0.6) is 0 Å². The molecule has 0 radical (unpaired) electrons. The number of benzene rings is 1. The van der Waals surface area contributed by atoms with Crippen molar-refractivity contribution >= 4 is 18.3 Å². The number of piperidine rings is 1. The summed E-state index contributed by atoms with van der Waals surface area (Å²) < 4.78 is 0. The van der Waals surface area contributed by atoms with Crippen LogP contribution in [-0.2, 0) is 4.79 Å². The number of rotatable bonds is 3. The van der Waals surface area contributed by atoms with Crippen LogP contribution in [0.4, 0.5) is 0 Å². The normalized spacial score (nSPS) is 29.2. The van der Waals surface area contributed by atoms with Crippen molar-refractivity contribution in [1.82, 2.24) is 10.6 Å². The molecule has 19 heavy (non-hydrogen) atoms. The molecule has 2 fully saturated rings. The Kier molecular flexibility index (Phi) is 4.83. The van der Waals surface area contributed by atoms with Crippen LogP contribution in [-0.4, -0.2) is 25.0 Å². The maximum Gasteiger partial charge on any atom is 0.224 e. The van der Waals surface area contributed by atoms with Crippen LogP contribution in [0.15, 0.2) is 30.3 Å². The largest absolute Gasteiger partial charge is 0.352 e. The predicted octanol–water partition coefficient (Wildman–Crippen LogP) is 2.08. The molecular formula is C15H21ClN2O. The summed E-state index contributed by atoms with van der Waals surface area (Å²) in [5, 5.41) is 6.48. The van der Waals surface area contributed by atoms with Crippen molar-refractivity contribution in [2.24, 2.45) is 5.92 Å². The summed E-state index contributed by atoms with van der Waals surface area (Å²) in [6.07, 6.45) is 3.24. The zero-order valence-electron chi connectivity index (χ0n) is 11.0. The molecule has 2 unspecified atom stereocenters. The molecule has 0 aromatic heterocycles. The van der Waals surface area contributed by atoms with E-state index in [0.717, 1.165) is 32.4 Å². The van der Waals surface area contributed by atoms with Crippen LogP contribution < -0.4 is 10.6 Å². The van der Waals surface area contributed by atoms with Gasteiger partial charge < -0.3 is 10.6 Å². The second kappa shape index (κ2) is 6.40. The maximum absolute atomic E-state index is 12.1. The minimum atomic E-state index is 0. The van der Waals surface area contributed by atoms with Crippen molar-refractivity contribution in [1.29, 1.82) is 0 Å². The van der Waals surface area contributed by atoms with E-state index in [0.29, 0.717) is 12.0 Å². The molecule has 1 aliphatic carbocycles. The van der Waals surface area contributed by atoms with Gasteiger partial charge in [0.2, 0.25) is 5.91 Å². The van der Waals surface area contributed by atoms with Crippen LogP contribution in [0, 0.1) is 5.92 Å². The average molecular weight is 281 g/mol. The first-order chi connectivity index (χ1) is 8.84. The van der Waals surface area contributed by atoms with E-state index in [9.17, 15) is 4.79 Å². The van der Waals surface area contributed by atoms with Crippen LogP contribution in [0.3, 0.4) is 0 Å². The molecule has 1 aromatic carbocycles. The highest BCUT2D eigenvalue weighted by molar-refractivity contribution is 5.85. The zero-order valence-corrected chi connectivity index (χ0v) is 11.8. The lowest BCUT2D eigenvalue weighted by Crippen LogP contribution is -2.41. The van der Waals surface area contributed by atoms with Crippen molar-refractivity contribution in [3.63, 3.8) is 0 Å². The van der Waals surface area contributed by atoms with Gasteiger partial charge in [0.25, 0.3) is 0 Å². The molecule has 1 saturated carbocycles. The second-order valence-electron chi connectivity index (χ2n) is 5.41. The molecule has 104 valence electrons. The van der Waals surface area contributed by atoms with Gasteiger partial charge in [-0.2, -0.15) is 0 Å². The van der Waals surface area contributed by atoms with Gasteiger partial charge in [-0.1, -0.05) is 30.3 Å². The Hall–Kier alpha value is -1.06. The highest BCUT2D eigenvalue weighted by Crippen LogP contribution is 2.40.